The standard InChI is InChI=1S/C18H18N2O3/c1-2-23-16-10-12(7-8-15(16)20(21)22)19-18-14-9-11-5-3-4-6-13(11)17(14)18/h3-8,10,14,17-19H,2,9H2,1H3. The zero-order valence-electron chi connectivity index (χ0n) is 12.9. The van der Waals surface area contributed by atoms with Crippen LogP contribution in [-0.2, 0) is 6.42 Å². The Morgan fingerprint density at radius 3 is 2.91 bits per heavy atom. The summed E-state index contributed by atoms with van der Waals surface area (Å²) >= 11 is 0. The molecule has 2 aliphatic carbocycles. The van der Waals surface area contributed by atoms with E-state index >= 15 is 0 Å². The van der Waals surface area contributed by atoms with E-state index in [1.54, 1.807) is 12.1 Å². The molecule has 0 heterocycles. The summed E-state index contributed by atoms with van der Waals surface area (Å²) < 4.78 is 5.41. The van der Waals surface area contributed by atoms with E-state index in [0.717, 1.165) is 12.1 Å². The van der Waals surface area contributed by atoms with E-state index in [2.05, 4.69) is 29.6 Å². The predicted octanol–water partition coefficient (Wildman–Crippen LogP) is 3.74. The molecule has 0 bridgehead atoms. The van der Waals surface area contributed by atoms with E-state index in [0.29, 0.717) is 30.2 Å². The van der Waals surface area contributed by atoms with E-state index in [4.69, 9.17) is 4.74 Å². The molecule has 2 aliphatic rings. The van der Waals surface area contributed by atoms with E-state index in [9.17, 15) is 10.1 Å². The number of anilines is 1. The van der Waals surface area contributed by atoms with Crippen LogP contribution < -0.4 is 10.1 Å². The molecule has 2 aromatic carbocycles. The first-order chi connectivity index (χ1) is 11.2. The fourth-order valence-corrected chi connectivity index (χ4v) is 3.77. The van der Waals surface area contributed by atoms with Gasteiger partial charge in [0.2, 0.25) is 0 Å². The van der Waals surface area contributed by atoms with Gasteiger partial charge in [0.15, 0.2) is 5.75 Å². The molecule has 3 unspecified atom stereocenters. The number of nitrogens with zero attached hydrogens (tertiary/aromatic N) is 1. The minimum atomic E-state index is -0.406. The molecule has 118 valence electrons. The van der Waals surface area contributed by atoms with Gasteiger partial charge < -0.3 is 10.1 Å². The minimum absolute atomic E-state index is 0.0127. The van der Waals surface area contributed by atoms with Crippen molar-refractivity contribution in [2.75, 3.05) is 11.9 Å². The summed E-state index contributed by atoms with van der Waals surface area (Å²) in [4.78, 5) is 10.6. The highest BCUT2D eigenvalue weighted by Gasteiger charge is 2.55. The van der Waals surface area contributed by atoms with Crippen LogP contribution in [0.15, 0.2) is 42.5 Å². The van der Waals surface area contributed by atoms with Gasteiger partial charge in [-0.15, -0.1) is 0 Å². The Labute approximate surface area is 134 Å². The Balaban J connectivity index is 1.53. The van der Waals surface area contributed by atoms with Gasteiger partial charge in [0.05, 0.1) is 11.5 Å². The number of hydrogen-bond acceptors (Lipinski definition) is 4. The van der Waals surface area contributed by atoms with Crippen LogP contribution in [0.5, 0.6) is 5.75 Å². The van der Waals surface area contributed by atoms with Gasteiger partial charge in [-0.1, -0.05) is 24.3 Å². The van der Waals surface area contributed by atoms with Gasteiger partial charge in [0.1, 0.15) is 0 Å². The van der Waals surface area contributed by atoms with Crippen molar-refractivity contribution in [2.45, 2.75) is 25.3 Å². The number of benzene rings is 2. The van der Waals surface area contributed by atoms with Crippen LogP contribution in [-0.4, -0.2) is 17.6 Å². The first kappa shape index (κ1) is 14.1. The molecule has 5 heteroatoms. The van der Waals surface area contributed by atoms with Crippen LogP contribution in [0.2, 0.25) is 0 Å². The monoisotopic (exact) mass is 310 g/mol. The average Bonchev–Trinajstić information content (AvgIpc) is 3.04. The summed E-state index contributed by atoms with van der Waals surface area (Å²) in [5, 5.41) is 14.6. The molecule has 0 aromatic heterocycles. The van der Waals surface area contributed by atoms with Gasteiger partial charge in [-0.3, -0.25) is 10.1 Å². The van der Waals surface area contributed by atoms with Crippen LogP contribution >= 0.6 is 0 Å². The van der Waals surface area contributed by atoms with Gasteiger partial charge in [-0.25, -0.2) is 0 Å². The topological polar surface area (TPSA) is 64.4 Å². The Hall–Kier alpha value is -2.56. The Morgan fingerprint density at radius 2 is 2.13 bits per heavy atom. The van der Waals surface area contributed by atoms with E-state index in [-0.39, 0.29) is 5.69 Å². The lowest BCUT2D eigenvalue weighted by molar-refractivity contribution is -0.385. The lowest BCUT2D eigenvalue weighted by Gasteiger charge is -2.12. The summed E-state index contributed by atoms with van der Waals surface area (Å²) in [5.74, 6) is 1.53. The molecular formula is C18H18N2O3. The van der Waals surface area contributed by atoms with Crippen molar-refractivity contribution in [2.24, 2.45) is 5.92 Å². The number of ether oxygens (including phenoxy) is 1. The molecule has 0 spiro atoms. The van der Waals surface area contributed by atoms with Crippen molar-refractivity contribution in [3.8, 4) is 5.75 Å². The van der Waals surface area contributed by atoms with Crippen LogP contribution in [0.1, 0.15) is 24.0 Å². The number of rotatable bonds is 5. The average molecular weight is 310 g/mol. The maximum atomic E-state index is 11.0. The van der Waals surface area contributed by atoms with Crippen LogP contribution in [0, 0.1) is 16.0 Å². The molecule has 5 nitrogen and oxygen atoms in total. The molecule has 1 fully saturated rings. The highest BCUT2D eigenvalue weighted by molar-refractivity contribution is 5.60. The molecule has 4 rings (SSSR count). The second-order valence-electron chi connectivity index (χ2n) is 6.14. The third kappa shape index (κ3) is 2.32. The minimum Gasteiger partial charge on any atom is -0.487 e. The molecular weight excluding hydrogens is 292 g/mol. The van der Waals surface area contributed by atoms with Crippen molar-refractivity contribution >= 4 is 11.4 Å². The number of nitrogens with one attached hydrogen (secondary N) is 1. The van der Waals surface area contributed by atoms with Gasteiger partial charge >= 0.3 is 5.69 Å². The maximum absolute atomic E-state index is 11.0. The normalized spacial score (nSPS) is 23.8. The maximum Gasteiger partial charge on any atom is 0.311 e. The highest BCUT2D eigenvalue weighted by Crippen LogP contribution is 2.57. The van der Waals surface area contributed by atoms with Crippen LogP contribution in [0.25, 0.3) is 0 Å². The quantitative estimate of drug-likeness (QED) is 0.675. The highest BCUT2D eigenvalue weighted by atomic mass is 16.6. The second kappa shape index (κ2) is 5.26. The molecule has 0 radical (unpaired) electrons. The van der Waals surface area contributed by atoms with E-state index in [1.165, 1.54) is 17.2 Å². The number of hydrogen-bond donors (Lipinski definition) is 1. The van der Waals surface area contributed by atoms with Gasteiger partial charge in [0, 0.05) is 29.8 Å². The Bertz CT molecular complexity index is 775. The summed E-state index contributed by atoms with van der Waals surface area (Å²) in [6, 6.07) is 14.0. The van der Waals surface area contributed by atoms with Crippen molar-refractivity contribution in [3.05, 3.63) is 63.7 Å². The summed E-state index contributed by atoms with van der Waals surface area (Å²) in [6.07, 6.45) is 1.11. The molecule has 0 amide bonds. The van der Waals surface area contributed by atoms with Crippen molar-refractivity contribution in [1.29, 1.82) is 0 Å². The zero-order valence-corrected chi connectivity index (χ0v) is 12.9. The van der Waals surface area contributed by atoms with Gasteiger partial charge in [-0.2, -0.15) is 0 Å². The largest absolute Gasteiger partial charge is 0.487 e. The lowest BCUT2D eigenvalue weighted by Crippen LogP contribution is -2.10. The molecule has 2 aromatic rings. The molecule has 1 N–H and O–H groups in total. The number of fused-ring (bicyclic) bond motifs is 3. The molecule has 1 saturated carbocycles. The fourth-order valence-electron chi connectivity index (χ4n) is 3.77. The fraction of sp³-hybridized carbons (Fsp3) is 0.333. The third-order valence-corrected chi connectivity index (χ3v) is 4.83. The number of nitro groups is 1. The zero-order chi connectivity index (χ0) is 16.0. The van der Waals surface area contributed by atoms with Crippen molar-refractivity contribution in [3.63, 3.8) is 0 Å². The van der Waals surface area contributed by atoms with Crippen LogP contribution in [0.3, 0.4) is 0 Å². The number of nitro benzene ring substituents is 1. The van der Waals surface area contributed by atoms with Crippen molar-refractivity contribution < 1.29 is 9.66 Å². The summed E-state index contributed by atoms with van der Waals surface area (Å²) in [7, 11) is 0. The van der Waals surface area contributed by atoms with Gasteiger partial charge in [-0.05, 0) is 36.5 Å². The smallest absolute Gasteiger partial charge is 0.311 e. The SMILES string of the molecule is CCOc1cc(NC2C3Cc4ccccc4C32)ccc1[N+](=O)[O-]. The van der Waals surface area contributed by atoms with Crippen molar-refractivity contribution in [1.82, 2.24) is 0 Å². The van der Waals surface area contributed by atoms with E-state index in [1.807, 2.05) is 6.92 Å². The molecule has 23 heavy (non-hydrogen) atoms. The summed E-state index contributed by atoms with van der Waals surface area (Å²) in [6.45, 7) is 2.23. The molecule has 0 saturated heterocycles. The Kier molecular flexibility index (Phi) is 3.22. The third-order valence-electron chi connectivity index (χ3n) is 4.83. The summed E-state index contributed by atoms with van der Waals surface area (Å²) in [5.41, 5.74) is 3.80. The lowest BCUT2D eigenvalue weighted by atomic mass is 10.1. The molecule has 3 atom stereocenters. The van der Waals surface area contributed by atoms with Gasteiger partial charge in [0.25, 0.3) is 0 Å². The predicted molar refractivity (Wildman–Crippen MR) is 88.1 cm³/mol. The Morgan fingerprint density at radius 1 is 1.30 bits per heavy atom. The first-order valence-electron chi connectivity index (χ1n) is 7.94. The first-order valence-corrected chi connectivity index (χ1v) is 7.94. The van der Waals surface area contributed by atoms with E-state index < -0.39 is 4.92 Å². The molecule has 0 aliphatic heterocycles. The van der Waals surface area contributed by atoms with Crippen LogP contribution in [0.4, 0.5) is 11.4 Å². The second-order valence-corrected chi connectivity index (χ2v) is 6.14.